The minimum absolute atomic E-state index is 0.0294. The van der Waals surface area contributed by atoms with Crippen molar-refractivity contribution in [3.63, 3.8) is 0 Å². The highest BCUT2D eigenvalue weighted by atomic mass is 16.8. The summed E-state index contributed by atoms with van der Waals surface area (Å²) in [5.74, 6) is -0.194. The third-order valence-electron chi connectivity index (χ3n) is 3.69. The van der Waals surface area contributed by atoms with Crippen LogP contribution in [0.2, 0.25) is 0 Å². The standard InChI is InChI=1S/C16H16N2O3/c1-12-9-19-16(21-12,10-18-7-6-17-11-18)15-8-13-4-2-3-5-14(13)20-15/h2-8,11-12H,9-10H2,1H3. The number of benzene rings is 1. The third-order valence-corrected chi connectivity index (χ3v) is 3.69. The Morgan fingerprint density at radius 3 is 3.00 bits per heavy atom. The van der Waals surface area contributed by atoms with Gasteiger partial charge in [-0.15, -0.1) is 0 Å². The van der Waals surface area contributed by atoms with Gasteiger partial charge in [-0.2, -0.15) is 0 Å². The zero-order valence-electron chi connectivity index (χ0n) is 11.7. The molecule has 3 aromatic rings. The van der Waals surface area contributed by atoms with Gasteiger partial charge in [0.15, 0.2) is 5.76 Å². The van der Waals surface area contributed by atoms with Crippen molar-refractivity contribution in [3.8, 4) is 0 Å². The number of nitrogens with zero attached hydrogens (tertiary/aromatic N) is 2. The van der Waals surface area contributed by atoms with E-state index >= 15 is 0 Å². The maximum atomic E-state index is 6.07. The Morgan fingerprint density at radius 1 is 1.38 bits per heavy atom. The quantitative estimate of drug-likeness (QED) is 0.742. The van der Waals surface area contributed by atoms with Gasteiger partial charge in [0.05, 0.1) is 25.6 Å². The third kappa shape index (κ3) is 2.14. The van der Waals surface area contributed by atoms with Crippen LogP contribution in [0.1, 0.15) is 12.7 Å². The number of furan rings is 1. The van der Waals surface area contributed by atoms with Crippen LogP contribution in [0.15, 0.2) is 53.5 Å². The summed E-state index contributed by atoms with van der Waals surface area (Å²) in [5.41, 5.74) is 0.837. The van der Waals surface area contributed by atoms with Crippen molar-refractivity contribution in [2.45, 2.75) is 25.4 Å². The van der Waals surface area contributed by atoms with Gasteiger partial charge in [-0.1, -0.05) is 18.2 Å². The summed E-state index contributed by atoms with van der Waals surface area (Å²) < 4.78 is 20.0. The number of imidazole rings is 1. The van der Waals surface area contributed by atoms with Crippen LogP contribution in [-0.2, 0) is 21.8 Å². The van der Waals surface area contributed by atoms with Crippen LogP contribution in [0.5, 0.6) is 0 Å². The Morgan fingerprint density at radius 2 is 2.29 bits per heavy atom. The fourth-order valence-corrected chi connectivity index (χ4v) is 2.73. The Bertz CT molecular complexity index is 717. The minimum Gasteiger partial charge on any atom is -0.455 e. The second kappa shape index (κ2) is 4.72. The van der Waals surface area contributed by atoms with Gasteiger partial charge in [0.2, 0.25) is 5.79 Å². The van der Waals surface area contributed by atoms with Gasteiger partial charge in [-0.3, -0.25) is 0 Å². The van der Waals surface area contributed by atoms with E-state index in [4.69, 9.17) is 13.9 Å². The number of aromatic nitrogens is 2. The number of ether oxygens (including phenoxy) is 2. The van der Waals surface area contributed by atoms with E-state index < -0.39 is 5.79 Å². The summed E-state index contributed by atoms with van der Waals surface area (Å²) in [4.78, 5) is 4.07. The lowest BCUT2D eigenvalue weighted by Crippen LogP contribution is -2.32. The fourth-order valence-electron chi connectivity index (χ4n) is 2.73. The molecule has 0 aliphatic carbocycles. The van der Waals surface area contributed by atoms with Crippen molar-refractivity contribution < 1.29 is 13.9 Å². The van der Waals surface area contributed by atoms with Gasteiger partial charge in [0, 0.05) is 17.8 Å². The summed E-state index contributed by atoms with van der Waals surface area (Å²) >= 11 is 0. The van der Waals surface area contributed by atoms with Crippen LogP contribution in [0.4, 0.5) is 0 Å². The first-order valence-electron chi connectivity index (χ1n) is 7.02. The summed E-state index contributed by atoms with van der Waals surface area (Å²) in [7, 11) is 0. The first-order chi connectivity index (χ1) is 10.3. The first-order valence-corrected chi connectivity index (χ1v) is 7.02. The van der Waals surface area contributed by atoms with E-state index in [1.807, 2.05) is 48.0 Å². The van der Waals surface area contributed by atoms with Gasteiger partial charge in [0.25, 0.3) is 0 Å². The second-order valence-electron chi connectivity index (χ2n) is 5.38. The van der Waals surface area contributed by atoms with Crippen molar-refractivity contribution in [3.05, 3.63) is 54.8 Å². The summed E-state index contributed by atoms with van der Waals surface area (Å²) in [6.45, 7) is 3.06. The Balaban J connectivity index is 1.78. The van der Waals surface area contributed by atoms with E-state index in [0.717, 1.165) is 11.0 Å². The topological polar surface area (TPSA) is 49.4 Å². The predicted molar refractivity (Wildman–Crippen MR) is 76.6 cm³/mol. The lowest BCUT2D eigenvalue weighted by atomic mass is 10.2. The van der Waals surface area contributed by atoms with Crippen LogP contribution in [0.3, 0.4) is 0 Å². The van der Waals surface area contributed by atoms with Gasteiger partial charge in [0.1, 0.15) is 5.58 Å². The molecule has 21 heavy (non-hydrogen) atoms. The molecule has 1 saturated heterocycles. The summed E-state index contributed by atoms with van der Waals surface area (Å²) in [6, 6.07) is 9.90. The highest BCUT2D eigenvalue weighted by molar-refractivity contribution is 5.77. The largest absolute Gasteiger partial charge is 0.455 e. The highest BCUT2D eigenvalue weighted by Crippen LogP contribution is 2.38. The minimum atomic E-state index is -0.890. The molecule has 108 valence electrons. The van der Waals surface area contributed by atoms with Crippen LogP contribution in [-0.4, -0.2) is 22.3 Å². The van der Waals surface area contributed by atoms with E-state index in [-0.39, 0.29) is 6.10 Å². The molecule has 1 aromatic carbocycles. The Labute approximate surface area is 122 Å². The number of hydrogen-bond acceptors (Lipinski definition) is 4. The zero-order chi connectivity index (χ0) is 14.3. The maximum absolute atomic E-state index is 6.07. The molecule has 0 spiro atoms. The van der Waals surface area contributed by atoms with E-state index in [0.29, 0.717) is 18.9 Å². The van der Waals surface area contributed by atoms with E-state index in [1.165, 1.54) is 0 Å². The van der Waals surface area contributed by atoms with Crippen molar-refractivity contribution in [2.24, 2.45) is 0 Å². The number of hydrogen-bond donors (Lipinski definition) is 0. The molecule has 2 aromatic heterocycles. The molecule has 0 radical (unpaired) electrons. The molecular formula is C16H16N2O3. The molecule has 4 rings (SSSR count). The van der Waals surface area contributed by atoms with E-state index in [1.54, 1.807) is 12.5 Å². The van der Waals surface area contributed by atoms with Crippen molar-refractivity contribution in [2.75, 3.05) is 6.61 Å². The SMILES string of the molecule is CC1COC(Cn2ccnc2)(c2cc3ccccc3o2)O1. The summed E-state index contributed by atoms with van der Waals surface area (Å²) in [5, 5.41) is 1.05. The van der Waals surface area contributed by atoms with Gasteiger partial charge in [-0.05, 0) is 19.1 Å². The van der Waals surface area contributed by atoms with Crippen LogP contribution in [0.25, 0.3) is 11.0 Å². The number of fused-ring (bicyclic) bond motifs is 1. The zero-order valence-corrected chi connectivity index (χ0v) is 11.7. The molecule has 1 aliphatic rings. The summed E-state index contributed by atoms with van der Waals surface area (Å²) in [6.07, 6.45) is 5.41. The first kappa shape index (κ1) is 12.6. The molecule has 1 fully saturated rings. The molecule has 3 heterocycles. The van der Waals surface area contributed by atoms with E-state index in [9.17, 15) is 0 Å². The van der Waals surface area contributed by atoms with Crippen LogP contribution in [0, 0.1) is 0 Å². The van der Waals surface area contributed by atoms with Crippen LogP contribution < -0.4 is 0 Å². The van der Waals surface area contributed by atoms with Gasteiger partial charge in [-0.25, -0.2) is 4.98 Å². The Kier molecular flexibility index (Phi) is 2.83. The molecule has 0 amide bonds. The lowest BCUT2D eigenvalue weighted by molar-refractivity contribution is -0.196. The number of rotatable bonds is 3. The molecule has 0 N–H and O–H groups in total. The van der Waals surface area contributed by atoms with Gasteiger partial charge >= 0.3 is 0 Å². The molecule has 1 aliphatic heterocycles. The smallest absolute Gasteiger partial charge is 0.247 e. The molecule has 5 nitrogen and oxygen atoms in total. The van der Waals surface area contributed by atoms with Crippen LogP contribution >= 0.6 is 0 Å². The Hall–Kier alpha value is -2.11. The average molecular weight is 284 g/mol. The average Bonchev–Trinajstić information content (AvgIpc) is 3.19. The molecule has 5 heteroatoms. The fraction of sp³-hybridized carbons (Fsp3) is 0.312. The highest BCUT2D eigenvalue weighted by Gasteiger charge is 2.45. The van der Waals surface area contributed by atoms with E-state index in [2.05, 4.69) is 4.98 Å². The second-order valence-corrected chi connectivity index (χ2v) is 5.38. The van der Waals surface area contributed by atoms with Crippen molar-refractivity contribution in [1.82, 2.24) is 9.55 Å². The molecule has 2 atom stereocenters. The van der Waals surface area contributed by atoms with Crippen molar-refractivity contribution >= 4 is 11.0 Å². The molecular weight excluding hydrogens is 268 g/mol. The molecule has 0 bridgehead atoms. The molecule has 2 unspecified atom stereocenters. The normalized spacial score (nSPS) is 25.7. The predicted octanol–water partition coefficient (Wildman–Crippen LogP) is 2.92. The van der Waals surface area contributed by atoms with Crippen molar-refractivity contribution in [1.29, 1.82) is 0 Å². The maximum Gasteiger partial charge on any atom is 0.247 e. The molecule has 0 saturated carbocycles. The lowest BCUT2D eigenvalue weighted by Gasteiger charge is -2.25. The number of para-hydroxylation sites is 1. The monoisotopic (exact) mass is 284 g/mol. The van der Waals surface area contributed by atoms with Gasteiger partial charge < -0.3 is 18.5 Å².